The van der Waals surface area contributed by atoms with Gasteiger partial charge in [-0.2, -0.15) is 4.31 Å². The Morgan fingerprint density at radius 1 is 0.810 bits per heavy atom. The number of hydrogen-bond donors (Lipinski definition) is 1. The van der Waals surface area contributed by atoms with Crippen LogP contribution in [-0.4, -0.2) is 41.8 Å². The summed E-state index contributed by atoms with van der Waals surface area (Å²) in [7, 11) is -3.16. The lowest BCUT2D eigenvalue weighted by molar-refractivity contribution is 0.0201. The molecule has 1 N–H and O–H groups in total. The van der Waals surface area contributed by atoms with Crippen LogP contribution in [-0.2, 0) is 10.0 Å². The molecule has 4 nitrogen and oxygen atoms in total. The zero-order chi connectivity index (χ0) is 14.9. The Hall–Kier alpha value is -0.130. The Morgan fingerprint density at radius 2 is 1.43 bits per heavy atom. The predicted octanol–water partition coefficient (Wildman–Crippen LogP) is 2.66. The highest BCUT2D eigenvalue weighted by molar-refractivity contribution is 7.89. The lowest BCUT2D eigenvalue weighted by Crippen LogP contribution is -2.53. The van der Waals surface area contributed by atoms with Crippen molar-refractivity contribution < 1.29 is 13.5 Å². The summed E-state index contributed by atoms with van der Waals surface area (Å²) in [6.45, 7) is 0.673. The molecule has 3 atom stereocenters. The third kappa shape index (κ3) is 3.15. The molecule has 1 aliphatic heterocycles. The fourth-order valence-corrected chi connectivity index (χ4v) is 6.98. The van der Waals surface area contributed by atoms with Crippen LogP contribution >= 0.6 is 0 Å². The Balaban J connectivity index is 1.80. The minimum atomic E-state index is -3.16. The number of piperidine rings is 1. The molecule has 3 fully saturated rings. The van der Waals surface area contributed by atoms with Gasteiger partial charge in [0.05, 0.1) is 11.4 Å². The van der Waals surface area contributed by atoms with E-state index in [0.717, 1.165) is 70.6 Å². The van der Waals surface area contributed by atoms with Gasteiger partial charge >= 0.3 is 0 Å². The predicted molar refractivity (Wildman–Crippen MR) is 83.5 cm³/mol. The number of hydrogen-bond acceptors (Lipinski definition) is 3. The lowest BCUT2D eigenvalue weighted by atomic mass is 9.79. The third-order valence-electron chi connectivity index (χ3n) is 5.82. The van der Waals surface area contributed by atoms with Crippen molar-refractivity contribution >= 4 is 10.0 Å². The molecule has 0 spiro atoms. The van der Waals surface area contributed by atoms with E-state index in [1.54, 1.807) is 0 Å². The van der Waals surface area contributed by atoms with E-state index in [9.17, 15) is 13.5 Å². The molecule has 0 aromatic carbocycles. The second-order valence-electron chi connectivity index (χ2n) is 7.14. The zero-order valence-corrected chi connectivity index (χ0v) is 13.7. The first-order valence-corrected chi connectivity index (χ1v) is 10.3. The molecule has 3 unspecified atom stereocenters. The SMILES string of the molecule is O=S(=O)(C1CCCC1)N1CCCCC1C1CCCCC1O. The van der Waals surface area contributed by atoms with Gasteiger partial charge in [0.2, 0.25) is 10.0 Å². The van der Waals surface area contributed by atoms with Gasteiger partial charge in [0.25, 0.3) is 0 Å². The van der Waals surface area contributed by atoms with Gasteiger partial charge in [0, 0.05) is 18.5 Å². The molecule has 0 amide bonds. The van der Waals surface area contributed by atoms with Crippen LogP contribution in [0.2, 0.25) is 0 Å². The molecule has 0 bridgehead atoms. The molecule has 2 aliphatic carbocycles. The van der Waals surface area contributed by atoms with Gasteiger partial charge < -0.3 is 5.11 Å². The van der Waals surface area contributed by atoms with E-state index in [0.29, 0.717) is 6.54 Å². The van der Waals surface area contributed by atoms with E-state index in [2.05, 4.69) is 0 Å². The highest BCUT2D eigenvalue weighted by atomic mass is 32.2. The molecule has 3 aliphatic rings. The van der Waals surface area contributed by atoms with Gasteiger partial charge in [-0.1, -0.05) is 32.1 Å². The van der Waals surface area contributed by atoms with E-state index in [4.69, 9.17) is 0 Å². The molecule has 3 rings (SSSR count). The van der Waals surface area contributed by atoms with Gasteiger partial charge in [0.15, 0.2) is 0 Å². The van der Waals surface area contributed by atoms with Crippen molar-refractivity contribution in [3.05, 3.63) is 0 Å². The van der Waals surface area contributed by atoms with Crippen LogP contribution in [0.15, 0.2) is 0 Å². The smallest absolute Gasteiger partial charge is 0.217 e. The number of aliphatic hydroxyl groups is 1. The van der Waals surface area contributed by atoms with Crippen molar-refractivity contribution in [3.63, 3.8) is 0 Å². The Labute approximate surface area is 129 Å². The summed E-state index contributed by atoms with van der Waals surface area (Å²) in [5.41, 5.74) is 0. The Morgan fingerprint density at radius 3 is 2.14 bits per heavy atom. The largest absolute Gasteiger partial charge is 0.393 e. The van der Waals surface area contributed by atoms with Crippen molar-refractivity contribution in [2.75, 3.05) is 6.54 Å². The molecule has 122 valence electrons. The number of rotatable bonds is 3. The van der Waals surface area contributed by atoms with Crippen LogP contribution in [0.1, 0.15) is 70.6 Å². The molecule has 0 aromatic rings. The topological polar surface area (TPSA) is 57.6 Å². The standard InChI is InChI=1S/C16H29NO3S/c18-16-11-4-3-9-14(16)15-10-5-6-12-17(15)21(19,20)13-7-1-2-8-13/h13-16,18H,1-12H2. The molecular weight excluding hydrogens is 286 g/mol. The van der Waals surface area contributed by atoms with Crippen molar-refractivity contribution in [1.29, 1.82) is 0 Å². The summed E-state index contributed by atoms with van der Waals surface area (Å²) >= 11 is 0. The minimum absolute atomic E-state index is 0.0552. The third-order valence-corrected chi connectivity index (χ3v) is 8.25. The van der Waals surface area contributed by atoms with Crippen molar-refractivity contribution in [2.24, 2.45) is 5.92 Å². The van der Waals surface area contributed by atoms with Gasteiger partial charge in [-0.25, -0.2) is 8.42 Å². The monoisotopic (exact) mass is 315 g/mol. The van der Waals surface area contributed by atoms with E-state index in [-0.39, 0.29) is 23.3 Å². The molecule has 5 heteroatoms. The van der Waals surface area contributed by atoms with Crippen LogP contribution in [0.5, 0.6) is 0 Å². The molecule has 1 saturated heterocycles. The van der Waals surface area contributed by atoms with Crippen LogP contribution in [0.25, 0.3) is 0 Å². The summed E-state index contributed by atoms with van der Waals surface area (Å²) in [5.74, 6) is 0.162. The summed E-state index contributed by atoms with van der Waals surface area (Å²) in [4.78, 5) is 0. The van der Waals surface area contributed by atoms with Crippen molar-refractivity contribution in [3.8, 4) is 0 Å². The summed E-state index contributed by atoms with van der Waals surface area (Å²) in [6.07, 6.45) is 10.5. The van der Waals surface area contributed by atoms with Crippen LogP contribution < -0.4 is 0 Å². The fourth-order valence-electron chi connectivity index (χ4n) is 4.64. The van der Waals surface area contributed by atoms with Crippen LogP contribution in [0.4, 0.5) is 0 Å². The highest BCUT2D eigenvalue weighted by Crippen LogP contribution is 2.38. The van der Waals surface area contributed by atoms with E-state index in [1.807, 2.05) is 4.31 Å². The molecule has 0 radical (unpaired) electrons. The van der Waals surface area contributed by atoms with E-state index in [1.165, 1.54) is 0 Å². The van der Waals surface area contributed by atoms with Gasteiger partial charge in [-0.15, -0.1) is 0 Å². The van der Waals surface area contributed by atoms with Crippen LogP contribution in [0, 0.1) is 5.92 Å². The number of aliphatic hydroxyl groups excluding tert-OH is 1. The van der Waals surface area contributed by atoms with Gasteiger partial charge in [-0.05, 0) is 38.5 Å². The average Bonchev–Trinajstić information content (AvgIpc) is 3.03. The van der Waals surface area contributed by atoms with E-state index >= 15 is 0 Å². The number of nitrogens with zero attached hydrogens (tertiary/aromatic N) is 1. The van der Waals surface area contributed by atoms with Gasteiger partial charge in [-0.3, -0.25) is 0 Å². The average molecular weight is 315 g/mol. The molecule has 0 aromatic heterocycles. The zero-order valence-electron chi connectivity index (χ0n) is 12.9. The first-order valence-electron chi connectivity index (χ1n) is 8.79. The van der Waals surface area contributed by atoms with Crippen LogP contribution in [0.3, 0.4) is 0 Å². The quantitative estimate of drug-likeness (QED) is 0.871. The Bertz CT molecular complexity index is 444. The molecule has 1 heterocycles. The van der Waals surface area contributed by atoms with E-state index < -0.39 is 10.0 Å². The highest BCUT2D eigenvalue weighted by Gasteiger charge is 2.43. The second-order valence-corrected chi connectivity index (χ2v) is 9.31. The lowest BCUT2D eigenvalue weighted by Gasteiger charge is -2.43. The summed E-state index contributed by atoms with van der Waals surface area (Å²) in [5, 5.41) is 10.2. The number of sulfonamides is 1. The molecule has 2 saturated carbocycles. The molecule has 21 heavy (non-hydrogen) atoms. The Kier molecular flexibility index (Phi) is 4.91. The van der Waals surface area contributed by atoms with Crippen molar-refractivity contribution in [1.82, 2.24) is 4.31 Å². The fraction of sp³-hybridized carbons (Fsp3) is 1.00. The first-order chi connectivity index (χ1) is 10.1. The molecular formula is C16H29NO3S. The van der Waals surface area contributed by atoms with Crippen molar-refractivity contribution in [2.45, 2.75) is 88.0 Å². The second kappa shape index (κ2) is 6.55. The summed E-state index contributed by atoms with van der Waals surface area (Å²) in [6, 6.07) is 0.0552. The first kappa shape index (κ1) is 15.8. The maximum Gasteiger partial charge on any atom is 0.217 e. The minimum Gasteiger partial charge on any atom is -0.393 e. The maximum atomic E-state index is 13.0. The maximum absolute atomic E-state index is 13.0. The summed E-state index contributed by atoms with van der Waals surface area (Å²) < 4.78 is 27.8. The normalized spacial score (nSPS) is 36.9. The van der Waals surface area contributed by atoms with Gasteiger partial charge in [0.1, 0.15) is 0 Å².